The molecule has 68 valence electrons. The molecule has 1 atom stereocenters. The van der Waals surface area contributed by atoms with Crippen LogP contribution in [0.2, 0.25) is 0 Å². The first kappa shape index (κ1) is 9.46. The number of aliphatic hydroxyl groups excluding tert-OH is 1. The van der Waals surface area contributed by atoms with Gasteiger partial charge in [-0.3, -0.25) is 4.79 Å². The summed E-state index contributed by atoms with van der Waals surface area (Å²) in [6, 6.07) is 0. The number of hydrogen-bond donors (Lipinski definition) is 1. The maximum absolute atomic E-state index is 11.3. The molecule has 0 aliphatic heterocycles. The molecule has 1 aliphatic carbocycles. The van der Waals surface area contributed by atoms with E-state index in [1.807, 2.05) is 13.8 Å². The fourth-order valence-electron chi connectivity index (χ4n) is 1.57. The average molecular weight is 168 g/mol. The van der Waals surface area contributed by atoms with Gasteiger partial charge in [0.2, 0.25) is 0 Å². The van der Waals surface area contributed by atoms with Crippen LogP contribution in [0.3, 0.4) is 0 Å². The van der Waals surface area contributed by atoms with Gasteiger partial charge in [0, 0.05) is 18.9 Å². The van der Waals surface area contributed by atoms with Crippen molar-refractivity contribution < 1.29 is 9.90 Å². The molecule has 0 spiro atoms. The summed E-state index contributed by atoms with van der Waals surface area (Å²) < 4.78 is 0. The molecule has 0 radical (unpaired) electrons. The third-order valence-corrected chi connectivity index (χ3v) is 2.66. The zero-order valence-corrected chi connectivity index (χ0v) is 7.76. The Bertz CT molecular complexity index is 216. The van der Waals surface area contributed by atoms with Crippen molar-refractivity contribution in [3.05, 3.63) is 11.1 Å². The molecule has 2 nitrogen and oxygen atoms in total. The molecule has 0 bridgehead atoms. The number of ketones is 1. The predicted molar refractivity (Wildman–Crippen MR) is 47.8 cm³/mol. The minimum absolute atomic E-state index is 0.141. The summed E-state index contributed by atoms with van der Waals surface area (Å²) in [5, 5.41) is 8.91. The summed E-state index contributed by atoms with van der Waals surface area (Å²) in [6.07, 6.45) is 2.60. The molecule has 1 N–H and O–H groups in total. The number of carbonyl (C=O) groups is 1. The molecule has 2 heteroatoms. The van der Waals surface area contributed by atoms with Crippen molar-refractivity contribution in [3.8, 4) is 0 Å². The smallest absolute Gasteiger partial charge is 0.158 e. The minimum atomic E-state index is 0.141. The van der Waals surface area contributed by atoms with Crippen LogP contribution >= 0.6 is 0 Å². The number of Topliss-reactive ketones (excluding diaryl/α,β-unsaturated/α-hetero) is 1. The zero-order chi connectivity index (χ0) is 9.14. The Morgan fingerprint density at radius 3 is 2.67 bits per heavy atom. The lowest BCUT2D eigenvalue weighted by Crippen LogP contribution is -2.07. The van der Waals surface area contributed by atoms with E-state index >= 15 is 0 Å². The first-order chi connectivity index (χ1) is 5.66. The molecule has 0 saturated heterocycles. The normalized spacial score (nSPS) is 24.4. The Morgan fingerprint density at radius 1 is 1.58 bits per heavy atom. The van der Waals surface area contributed by atoms with E-state index < -0.39 is 0 Å². The Labute approximate surface area is 73.3 Å². The SMILES string of the molecule is C/C(=C1\CCCC1=O)C(C)CO. The van der Waals surface area contributed by atoms with Crippen molar-refractivity contribution in [2.24, 2.45) is 5.92 Å². The zero-order valence-electron chi connectivity index (χ0n) is 7.76. The third-order valence-electron chi connectivity index (χ3n) is 2.66. The third kappa shape index (κ3) is 1.75. The molecule has 1 fully saturated rings. The topological polar surface area (TPSA) is 37.3 Å². The van der Waals surface area contributed by atoms with E-state index in [9.17, 15) is 4.79 Å². The Hall–Kier alpha value is -0.630. The maximum atomic E-state index is 11.3. The summed E-state index contributed by atoms with van der Waals surface area (Å²) in [7, 11) is 0. The van der Waals surface area contributed by atoms with Gasteiger partial charge in [-0.2, -0.15) is 0 Å². The number of rotatable bonds is 2. The van der Waals surface area contributed by atoms with E-state index in [0.717, 1.165) is 24.0 Å². The highest BCUT2D eigenvalue weighted by Crippen LogP contribution is 2.26. The Balaban J connectivity index is 2.81. The van der Waals surface area contributed by atoms with Crippen LogP contribution < -0.4 is 0 Å². The van der Waals surface area contributed by atoms with Crippen molar-refractivity contribution in [1.82, 2.24) is 0 Å². The van der Waals surface area contributed by atoms with E-state index in [2.05, 4.69) is 0 Å². The van der Waals surface area contributed by atoms with Crippen molar-refractivity contribution in [3.63, 3.8) is 0 Å². The molecule has 1 aliphatic rings. The van der Waals surface area contributed by atoms with Gasteiger partial charge in [-0.15, -0.1) is 0 Å². The van der Waals surface area contributed by atoms with Gasteiger partial charge in [-0.05, 0) is 25.3 Å². The summed E-state index contributed by atoms with van der Waals surface area (Å²) in [5.74, 6) is 0.426. The second-order valence-electron chi connectivity index (χ2n) is 3.52. The monoisotopic (exact) mass is 168 g/mol. The summed E-state index contributed by atoms with van der Waals surface area (Å²) in [5.41, 5.74) is 2.05. The van der Waals surface area contributed by atoms with E-state index in [4.69, 9.17) is 5.11 Å². The molecule has 0 amide bonds. The summed E-state index contributed by atoms with van der Waals surface area (Å²) >= 11 is 0. The molecule has 1 unspecified atom stereocenters. The van der Waals surface area contributed by atoms with Gasteiger partial charge in [0.1, 0.15) is 0 Å². The molecule has 1 rings (SSSR count). The van der Waals surface area contributed by atoms with Crippen molar-refractivity contribution in [2.75, 3.05) is 6.61 Å². The van der Waals surface area contributed by atoms with E-state index in [1.54, 1.807) is 0 Å². The fourth-order valence-corrected chi connectivity index (χ4v) is 1.57. The van der Waals surface area contributed by atoms with Gasteiger partial charge in [0.05, 0.1) is 0 Å². The molecule has 1 saturated carbocycles. The molecular weight excluding hydrogens is 152 g/mol. The van der Waals surface area contributed by atoms with E-state index in [1.165, 1.54) is 0 Å². The lowest BCUT2D eigenvalue weighted by atomic mass is 9.96. The van der Waals surface area contributed by atoms with Crippen molar-refractivity contribution in [1.29, 1.82) is 0 Å². The van der Waals surface area contributed by atoms with Crippen molar-refractivity contribution >= 4 is 5.78 Å². The minimum Gasteiger partial charge on any atom is -0.396 e. The lowest BCUT2D eigenvalue weighted by molar-refractivity contribution is -0.114. The number of aliphatic hydroxyl groups is 1. The Kier molecular flexibility index (Phi) is 3.04. The first-order valence-corrected chi connectivity index (χ1v) is 4.50. The summed E-state index contributed by atoms with van der Waals surface area (Å²) in [4.78, 5) is 11.3. The average Bonchev–Trinajstić information content (AvgIpc) is 2.48. The van der Waals surface area contributed by atoms with Crippen LogP contribution in [-0.2, 0) is 4.79 Å². The van der Waals surface area contributed by atoms with Crippen LogP contribution in [0.5, 0.6) is 0 Å². The molecule has 0 aromatic heterocycles. The van der Waals surface area contributed by atoms with Gasteiger partial charge in [-0.1, -0.05) is 12.5 Å². The molecular formula is C10H16O2. The van der Waals surface area contributed by atoms with Crippen LogP contribution in [0.15, 0.2) is 11.1 Å². The van der Waals surface area contributed by atoms with E-state index in [-0.39, 0.29) is 18.3 Å². The molecule has 0 aromatic rings. The van der Waals surface area contributed by atoms with E-state index in [0.29, 0.717) is 6.42 Å². The molecule has 0 aromatic carbocycles. The molecule has 12 heavy (non-hydrogen) atoms. The second-order valence-corrected chi connectivity index (χ2v) is 3.52. The highest BCUT2D eigenvalue weighted by Gasteiger charge is 2.20. The van der Waals surface area contributed by atoms with Crippen LogP contribution in [0.25, 0.3) is 0 Å². The number of carbonyl (C=O) groups excluding carboxylic acids is 1. The maximum Gasteiger partial charge on any atom is 0.158 e. The fraction of sp³-hybridized carbons (Fsp3) is 0.700. The highest BCUT2D eigenvalue weighted by molar-refractivity contribution is 5.98. The van der Waals surface area contributed by atoms with Gasteiger partial charge >= 0.3 is 0 Å². The first-order valence-electron chi connectivity index (χ1n) is 4.50. The van der Waals surface area contributed by atoms with Gasteiger partial charge < -0.3 is 5.11 Å². The molecule has 0 heterocycles. The largest absolute Gasteiger partial charge is 0.396 e. The standard InChI is InChI=1S/C10H16O2/c1-7(6-11)8(2)9-4-3-5-10(9)12/h7,11H,3-6H2,1-2H3/b9-8-. The van der Waals surface area contributed by atoms with Crippen LogP contribution in [0.1, 0.15) is 33.1 Å². The number of hydrogen-bond acceptors (Lipinski definition) is 2. The predicted octanol–water partition coefficient (Wildman–Crippen LogP) is 1.68. The number of allylic oxidation sites excluding steroid dienone is 1. The van der Waals surface area contributed by atoms with Gasteiger partial charge in [0.15, 0.2) is 5.78 Å². The van der Waals surface area contributed by atoms with Crippen LogP contribution in [0.4, 0.5) is 0 Å². The van der Waals surface area contributed by atoms with Crippen molar-refractivity contribution in [2.45, 2.75) is 33.1 Å². The lowest BCUT2D eigenvalue weighted by Gasteiger charge is -2.10. The Morgan fingerprint density at radius 2 is 2.25 bits per heavy atom. The van der Waals surface area contributed by atoms with Gasteiger partial charge in [-0.25, -0.2) is 0 Å². The van der Waals surface area contributed by atoms with Crippen LogP contribution in [-0.4, -0.2) is 17.5 Å². The summed E-state index contributed by atoms with van der Waals surface area (Å²) in [6.45, 7) is 4.05. The van der Waals surface area contributed by atoms with Crippen LogP contribution in [0, 0.1) is 5.92 Å². The highest BCUT2D eigenvalue weighted by atomic mass is 16.3. The van der Waals surface area contributed by atoms with Gasteiger partial charge in [0.25, 0.3) is 0 Å². The quantitative estimate of drug-likeness (QED) is 0.637. The second kappa shape index (κ2) is 3.85.